The van der Waals surface area contributed by atoms with E-state index < -0.39 is 5.97 Å². The first-order valence-corrected chi connectivity index (χ1v) is 11.9. The van der Waals surface area contributed by atoms with Gasteiger partial charge >= 0.3 is 5.97 Å². The molecule has 0 fully saturated rings. The number of rotatable bonds is 8. The fourth-order valence-electron chi connectivity index (χ4n) is 3.47. The fourth-order valence-corrected chi connectivity index (χ4v) is 4.91. The van der Waals surface area contributed by atoms with Crippen molar-refractivity contribution >= 4 is 43.6 Å². The molecule has 0 amide bonds. The molecule has 0 spiro atoms. The summed E-state index contributed by atoms with van der Waals surface area (Å²) in [5.74, 6) is 2.78. The Balaban J connectivity index is 2.16. The van der Waals surface area contributed by atoms with Crippen LogP contribution >= 0.6 is 31.9 Å². The van der Waals surface area contributed by atoms with E-state index in [1.807, 2.05) is 13.8 Å². The quantitative estimate of drug-likeness (QED) is 0.228. The summed E-state index contributed by atoms with van der Waals surface area (Å²) in [6.45, 7) is 4.04. The van der Waals surface area contributed by atoms with E-state index >= 15 is 0 Å². The minimum Gasteiger partial charge on any atom is -0.496 e. The molecule has 3 aromatic carbocycles. The summed E-state index contributed by atoms with van der Waals surface area (Å²) in [7, 11) is 1.56. The van der Waals surface area contributed by atoms with Crippen LogP contribution in [0.5, 0.6) is 17.2 Å². The van der Waals surface area contributed by atoms with Crippen molar-refractivity contribution in [3.8, 4) is 29.6 Å². The molecule has 0 aliphatic heterocycles. The first-order valence-electron chi connectivity index (χ1n) is 10.4. The number of hydrogen-bond donors (Lipinski definition) is 1. The summed E-state index contributed by atoms with van der Waals surface area (Å²) in [6, 6.07) is 13.7. The first kappa shape index (κ1) is 25.5. The van der Waals surface area contributed by atoms with Gasteiger partial charge < -0.3 is 14.6 Å². The number of carboxylic acids is 1. The van der Waals surface area contributed by atoms with E-state index in [9.17, 15) is 9.59 Å². The number of ether oxygens (including phenoxy) is 2. The number of terminal acetylenes is 1. The van der Waals surface area contributed by atoms with Crippen LogP contribution in [0.15, 0.2) is 57.5 Å². The summed E-state index contributed by atoms with van der Waals surface area (Å²) in [4.78, 5) is 24.6. The predicted molar refractivity (Wildman–Crippen MR) is 138 cm³/mol. The molecule has 0 aromatic heterocycles. The van der Waals surface area contributed by atoms with Gasteiger partial charge in [-0.3, -0.25) is 9.59 Å². The third-order valence-electron chi connectivity index (χ3n) is 5.12. The Morgan fingerprint density at radius 3 is 2.29 bits per heavy atom. The Labute approximate surface area is 215 Å². The molecule has 0 saturated carbocycles. The second-order valence-corrected chi connectivity index (χ2v) is 9.57. The predicted octanol–water partition coefficient (Wildman–Crippen LogP) is 6.98. The van der Waals surface area contributed by atoms with Gasteiger partial charge in [0.05, 0.1) is 28.0 Å². The van der Waals surface area contributed by atoms with Crippen molar-refractivity contribution in [3.05, 3.63) is 85.3 Å². The van der Waals surface area contributed by atoms with Gasteiger partial charge in [0.1, 0.15) is 11.5 Å². The molecule has 0 heterocycles. The van der Waals surface area contributed by atoms with E-state index in [-0.39, 0.29) is 18.1 Å². The minimum absolute atomic E-state index is 0.107. The third kappa shape index (κ3) is 5.69. The van der Waals surface area contributed by atoms with Gasteiger partial charge in [-0.25, -0.2) is 0 Å². The van der Waals surface area contributed by atoms with Gasteiger partial charge in [0.25, 0.3) is 0 Å². The Hall–Kier alpha value is -3.08. The summed E-state index contributed by atoms with van der Waals surface area (Å²) < 4.78 is 12.9. The lowest BCUT2D eigenvalue weighted by atomic mass is 9.95. The van der Waals surface area contributed by atoms with Gasteiger partial charge in [-0.1, -0.05) is 31.9 Å². The number of methoxy groups -OCH3 is 1. The molecule has 0 unspecified atom stereocenters. The lowest BCUT2D eigenvalue weighted by Crippen LogP contribution is -2.07. The van der Waals surface area contributed by atoms with Gasteiger partial charge in [0.15, 0.2) is 11.5 Å². The van der Waals surface area contributed by atoms with Crippen LogP contribution in [0.3, 0.4) is 0 Å². The number of ketones is 1. The Morgan fingerprint density at radius 2 is 1.74 bits per heavy atom. The molecule has 0 bridgehead atoms. The number of benzene rings is 3. The molecule has 5 nitrogen and oxygen atoms in total. The molecule has 3 aromatic rings. The Kier molecular flexibility index (Phi) is 8.19. The maximum Gasteiger partial charge on any atom is 0.307 e. The van der Waals surface area contributed by atoms with Gasteiger partial charge in [-0.15, -0.1) is 6.42 Å². The summed E-state index contributed by atoms with van der Waals surface area (Å²) in [5, 5.41) is 9.10. The van der Waals surface area contributed by atoms with Crippen LogP contribution in [-0.2, 0) is 11.2 Å². The molecule has 0 aliphatic carbocycles. The number of halogens is 2. The number of carbonyl (C=O) groups excluding carboxylic acids is 1. The zero-order chi connectivity index (χ0) is 25.0. The van der Waals surface area contributed by atoms with E-state index in [2.05, 4.69) is 37.8 Å². The lowest BCUT2D eigenvalue weighted by molar-refractivity contribution is -0.136. The highest BCUT2D eigenvalue weighted by molar-refractivity contribution is 9.11. The topological polar surface area (TPSA) is 72.8 Å². The normalized spacial score (nSPS) is 10.6. The first-order chi connectivity index (χ1) is 16.1. The number of carbonyl (C=O) groups is 2. The molecule has 1 N–H and O–H groups in total. The monoisotopic (exact) mass is 584 g/mol. The molecule has 0 aliphatic rings. The molecule has 174 valence electrons. The van der Waals surface area contributed by atoms with Crippen molar-refractivity contribution in [2.24, 2.45) is 0 Å². The summed E-state index contributed by atoms with van der Waals surface area (Å²) >= 11 is 6.93. The van der Waals surface area contributed by atoms with Crippen LogP contribution < -0.4 is 9.47 Å². The summed E-state index contributed by atoms with van der Waals surface area (Å²) in [5.41, 5.74) is 2.80. The van der Waals surface area contributed by atoms with Crippen LogP contribution in [0.1, 0.15) is 52.4 Å². The van der Waals surface area contributed by atoms with Crippen molar-refractivity contribution in [1.82, 2.24) is 0 Å². The number of hydrogen-bond acceptors (Lipinski definition) is 4. The average molecular weight is 586 g/mol. The van der Waals surface area contributed by atoms with Crippen molar-refractivity contribution in [2.75, 3.05) is 7.11 Å². The number of carboxylic acid groups (broad SMARTS) is 1. The molecule has 0 radical (unpaired) electrons. The van der Waals surface area contributed by atoms with Crippen LogP contribution in [0, 0.1) is 12.3 Å². The largest absolute Gasteiger partial charge is 0.496 e. The minimum atomic E-state index is -0.939. The molecule has 0 saturated heterocycles. The molecule has 0 atom stereocenters. The van der Waals surface area contributed by atoms with Crippen molar-refractivity contribution in [3.63, 3.8) is 0 Å². The maximum absolute atomic E-state index is 13.5. The number of aliphatic carboxylic acids is 1. The zero-order valence-corrected chi connectivity index (χ0v) is 22.0. The van der Waals surface area contributed by atoms with E-state index in [1.54, 1.807) is 55.6 Å². The van der Waals surface area contributed by atoms with Gasteiger partial charge in [-0.05, 0) is 79.7 Å². The molecule has 34 heavy (non-hydrogen) atoms. The SMILES string of the molecule is C#Cc1cccc(C(=O)c2cc(OC)c(C(C)C)cc2Oc2c(Br)cc(CC(=O)O)cc2Br)c1. The standard InChI is InChI=1S/C27H22Br2O5/c1-5-16-7-6-8-18(9-16)26(32)20-14-23(33-4)19(15(2)3)13-24(20)34-27-21(28)10-17(11-22(27)29)12-25(30)31/h1,6-11,13-15H,12H2,2-4H3,(H,30,31). The molecule has 7 heteroatoms. The van der Waals surface area contributed by atoms with Crippen LogP contribution in [0.2, 0.25) is 0 Å². The van der Waals surface area contributed by atoms with Crippen molar-refractivity contribution in [1.29, 1.82) is 0 Å². The van der Waals surface area contributed by atoms with Crippen LogP contribution in [0.25, 0.3) is 0 Å². The molecular weight excluding hydrogens is 564 g/mol. The molecule has 3 rings (SSSR count). The van der Waals surface area contributed by atoms with Gasteiger partial charge in [0, 0.05) is 16.7 Å². The third-order valence-corrected chi connectivity index (χ3v) is 6.29. The van der Waals surface area contributed by atoms with Crippen molar-refractivity contribution in [2.45, 2.75) is 26.2 Å². The van der Waals surface area contributed by atoms with Crippen molar-refractivity contribution < 1.29 is 24.2 Å². The van der Waals surface area contributed by atoms with E-state index in [1.165, 1.54) is 0 Å². The average Bonchev–Trinajstić information content (AvgIpc) is 2.80. The second-order valence-electron chi connectivity index (χ2n) is 7.86. The lowest BCUT2D eigenvalue weighted by Gasteiger charge is -2.19. The molecular formula is C27H22Br2O5. The highest BCUT2D eigenvalue weighted by Crippen LogP contribution is 2.42. The highest BCUT2D eigenvalue weighted by Gasteiger charge is 2.22. The summed E-state index contributed by atoms with van der Waals surface area (Å²) in [6.07, 6.45) is 5.38. The van der Waals surface area contributed by atoms with Crippen LogP contribution in [0.4, 0.5) is 0 Å². The highest BCUT2D eigenvalue weighted by atomic mass is 79.9. The van der Waals surface area contributed by atoms with E-state index in [0.717, 1.165) is 5.56 Å². The fraction of sp³-hybridized carbons (Fsp3) is 0.185. The van der Waals surface area contributed by atoms with Gasteiger partial charge in [0.2, 0.25) is 0 Å². The van der Waals surface area contributed by atoms with Gasteiger partial charge in [-0.2, -0.15) is 0 Å². The smallest absolute Gasteiger partial charge is 0.307 e. The second kappa shape index (κ2) is 10.9. The van der Waals surface area contributed by atoms with E-state index in [0.29, 0.717) is 48.4 Å². The Morgan fingerprint density at radius 1 is 1.06 bits per heavy atom. The zero-order valence-electron chi connectivity index (χ0n) is 18.8. The van der Waals surface area contributed by atoms with E-state index in [4.69, 9.17) is 21.0 Å². The van der Waals surface area contributed by atoms with Crippen LogP contribution in [-0.4, -0.2) is 24.0 Å². The Bertz CT molecular complexity index is 1280. The maximum atomic E-state index is 13.5.